The number of halogens is 1. The largest absolute Gasteiger partial charge is 0.465 e. The molecule has 4 heterocycles. The van der Waals surface area contributed by atoms with Crippen LogP contribution in [-0.2, 0) is 19.1 Å². The van der Waals surface area contributed by atoms with E-state index in [1.807, 2.05) is 50.3 Å². The summed E-state index contributed by atoms with van der Waals surface area (Å²) in [4.78, 5) is 45.1. The number of likely N-dealkylation sites (tertiary alicyclic amines) is 1. The molecule has 0 bridgehead atoms. The van der Waals surface area contributed by atoms with E-state index < -0.39 is 34.6 Å². The molecule has 6 atom stereocenters. The summed E-state index contributed by atoms with van der Waals surface area (Å²) in [5, 5.41) is 10.4. The van der Waals surface area contributed by atoms with E-state index in [1.54, 1.807) is 15.9 Å². The minimum Gasteiger partial charge on any atom is -0.465 e. The second kappa shape index (κ2) is 9.88. The van der Waals surface area contributed by atoms with E-state index in [0.29, 0.717) is 30.3 Å². The molecular formula is C27H31ClN2O5S. The number of esters is 1. The molecule has 192 valence electrons. The first-order valence-corrected chi connectivity index (χ1v) is 13.8. The lowest BCUT2D eigenvalue weighted by molar-refractivity contribution is -0.153. The molecule has 1 spiro atoms. The standard InChI is InChI=1S/C27H31ClN2O5S/c1-3-17(15-31)30-23-25(33)29(22-16(2)9-7-10-18(22)28)13-8-12-27(23)21(24(30)32)20-19(36-27)11-5-4-6-14-35-26(20)34/h5,7-12,17,19-21,23,31H,3-4,6,13-15H2,1-2H3/b11-5-/t17-,19-,20+,21-,23?,27-/m0/s1. The van der Waals surface area contributed by atoms with E-state index in [4.69, 9.17) is 16.3 Å². The molecule has 0 aliphatic carbocycles. The van der Waals surface area contributed by atoms with Crippen LogP contribution in [0.15, 0.2) is 42.5 Å². The first-order valence-electron chi connectivity index (χ1n) is 12.5. The Kier molecular flexibility index (Phi) is 6.96. The molecule has 1 aromatic carbocycles. The third-order valence-corrected chi connectivity index (χ3v) is 9.87. The zero-order valence-corrected chi connectivity index (χ0v) is 22.0. The summed E-state index contributed by atoms with van der Waals surface area (Å²) in [5.74, 6) is -2.39. The maximum absolute atomic E-state index is 14.4. The quantitative estimate of drug-likeness (QED) is 0.473. The van der Waals surface area contributed by atoms with Crippen molar-refractivity contribution >= 4 is 46.8 Å². The minimum absolute atomic E-state index is 0.254. The summed E-state index contributed by atoms with van der Waals surface area (Å²) in [6, 6.07) is 4.06. The number of anilines is 1. The normalized spacial score (nSPS) is 33.6. The van der Waals surface area contributed by atoms with Crippen LogP contribution in [0.5, 0.6) is 0 Å². The van der Waals surface area contributed by atoms with Crippen LogP contribution in [0.25, 0.3) is 0 Å². The van der Waals surface area contributed by atoms with Gasteiger partial charge in [0.15, 0.2) is 0 Å². The number of aliphatic hydroxyl groups is 1. The third-order valence-electron chi connectivity index (χ3n) is 7.82. The molecule has 2 amide bonds. The molecular weight excluding hydrogens is 500 g/mol. The number of amides is 2. The van der Waals surface area contributed by atoms with Crippen molar-refractivity contribution in [3.63, 3.8) is 0 Å². The predicted molar refractivity (Wildman–Crippen MR) is 140 cm³/mol. The number of carbonyl (C=O) groups excluding carboxylic acids is 3. The average Bonchev–Trinajstić information content (AvgIpc) is 3.26. The van der Waals surface area contributed by atoms with E-state index >= 15 is 0 Å². The second-order valence-corrected chi connectivity index (χ2v) is 11.7. The fourth-order valence-electron chi connectivity index (χ4n) is 6.17. The maximum Gasteiger partial charge on any atom is 0.311 e. The van der Waals surface area contributed by atoms with Gasteiger partial charge in [0.1, 0.15) is 6.04 Å². The summed E-state index contributed by atoms with van der Waals surface area (Å²) in [5.41, 5.74) is 1.47. The molecule has 2 saturated heterocycles. The molecule has 2 fully saturated rings. The summed E-state index contributed by atoms with van der Waals surface area (Å²) < 4.78 is 4.63. The van der Waals surface area contributed by atoms with E-state index in [2.05, 4.69) is 0 Å². The number of ether oxygens (including phenoxy) is 1. The molecule has 0 saturated carbocycles. The van der Waals surface area contributed by atoms with Crippen LogP contribution in [0.4, 0.5) is 5.69 Å². The van der Waals surface area contributed by atoms with Crippen LogP contribution in [0.2, 0.25) is 5.02 Å². The van der Waals surface area contributed by atoms with Crippen molar-refractivity contribution in [3.8, 4) is 0 Å². The lowest BCUT2D eigenvalue weighted by Crippen LogP contribution is -2.56. The highest BCUT2D eigenvalue weighted by Gasteiger charge is 2.71. The summed E-state index contributed by atoms with van der Waals surface area (Å²) in [6.07, 6.45) is 9.92. The van der Waals surface area contributed by atoms with Gasteiger partial charge < -0.3 is 19.6 Å². The van der Waals surface area contributed by atoms with E-state index in [0.717, 1.165) is 18.4 Å². The first kappa shape index (κ1) is 25.4. The van der Waals surface area contributed by atoms with Crippen LogP contribution in [-0.4, -0.2) is 69.6 Å². The fourth-order valence-corrected chi connectivity index (χ4v) is 8.48. The first-order chi connectivity index (χ1) is 17.4. The van der Waals surface area contributed by atoms with Crippen molar-refractivity contribution in [3.05, 3.63) is 53.1 Å². The van der Waals surface area contributed by atoms with Crippen LogP contribution in [0.1, 0.15) is 31.7 Å². The van der Waals surface area contributed by atoms with Gasteiger partial charge in [0.25, 0.3) is 5.91 Å². The van der Waals surface area contributed by atoms with E-state index in [-0.39, 0.29) is 23.7 Å². The molecule has 4 aliphatic heterocycles. The van der Waals surface area contributed by atoms with Gasteiger partial charge in [-0.15, -0.1) is 11.8 Å². The number of carbonyl (C=O) groups is 3. The number of rotatable bonds is 4. The number of benzene rings is 1. The number of para-hydroxylation sites is 1. The highest BCUT2D eigenvalue weighted by molar-refractivity contribution is 8.02. The molecule has 0 radical (unpaired) electrons. The van der Waals surface area contributed by atoms with Gasteiger partial charge in [-0.2, -0.15) is 0 Å². The monoisotopic (exact) mass is 530 g/mol. The van der Waals surface area contributed by atoms with Crippen molar-refractivity contribution < 1.29 is 24.2 Å². The number of cyclic esters (lactones) is 1. The minimum atomic E-state index is -0.960. The molecule has 1 N–H and O–H groups in total. The van der Waals surface area contributed by atoms with Crippen LogP contribution >= 0.6 is 23.4 Å². The third kappa shape index (κ3) is 3.80. The lowest BCUT2D eigenvalue weighted by Gasteiger charge is -2.38. The molecule has 9 heteroatoms. The van der Waals surface area contributed by atoms with Crippen molar-refractivity contribution in [2.24, 2.45) is 11.8 Å². The number of aliphatic hydroxyl groups excluding tert-OH is 1. The SMILES string of the molecule is CC[C@@H](CO)N1C(=O)[C@@H]2[C@@H]3C(=O)OCCC/C=C\[C@@H]3S[C@@]23C=CCN(c2c(C)cccc2Cl)C(=O)C13. The van der Waals surface area contributed by atoms with E-state index in [9.17, 15) is 19.5 Å². The highest BCUT2D eigenvalue weighted by atomic mass is 35.5. The van der Waals surface area contributed by atoms with Gasteiger partial charge in [0.05, 0.1) is 46.5 Å². The molecule has 0 aromatic heterocycles. The molecule has 1 aromatic rings. The zero-order valence-electron chi connectivity index (χ0n) is 20.4. The number of nitrogens with zero attached hydrogens (tertiary/aromatic N) is 2. The van der Waals surface area contributed by atoms with Gasteiger partial charge in [-0.05, 0) is 37.8 Å². The number of aryl methyl sites for hydroxylation is 1. The summed E-state index contributed by atoms with van der Waals surface area (Å²) >= 11 is 8.07. The molecule has 36 heavy (non-hydrogen) atoms. The molecule has 5 rings (SSSR count). The Labute approximate surface area is 220 Å². The Bertz CT molecular complexity index is 1110. The summed E-state index contributed by atoms with van der Waals surface area (Å²) in [7, 11) is 0. The van der Waals surface area contributed by atoms with Crippen molar-refractivity contribution in [1.82, 2.24) is 4.90 Å². The van der Waals surface area contributed by atoms with Crippen molar-refractivity contribution in [1.29, 1.82) is 0 Å². The summed E-state index contributed by atoms with van der Waals surface area (Å²) in [6.45, 7) is 4.11. The lowest BCUT2D eigenvalue weighted by atomic mass is 9.78. The Morgan fingerprint density at radius 3 is 2.78 bits per heavy atom. The van der Waals surface area contributed by atoms with Gasteiger partial charge in [0, 0.05) is 11.8 Å². The Hall–Kier alpha value is -2.29. The van der Waals surface area contributed by atoms with Gasteiger partial charge >= 0.3 is 5.97 Å². The number of allylic oxidation sites excluding steroid dienone is 1. The molecule has 4 aliphatic rings. The number of thioether (sulfide) groups is 1. The topological polar surface area (TPSA) is 87.2 Å². The van der Waals surface area contributed by atoms with Crippen LogP contribution < -0.4 is 4.90 Å². The van der Waals surface area contributed by atoms with Crippen molar-refractivity contribution in [2.75, 3.05) is 24.7 Å². The van der Waals surface area contributed by atoms with Gasteiger partial charge in [-0.25, -0.2) is 0 Å². The average molecular weight is 531 g/mol. The smallest absolute Gasteiger partial charge is 0.311 e. The van der Waals surface area contributed by atoms with Gasteiger partial charge in [-0.3, -0.25) is 14.4 Å². The predicted octanol–water partition coefficient (Wildman–Crippen LogP) is 3.51. The Morgan fingerprint density at radius 1 is 1.25 bits per heavy atom. The number of hydrogen-bond donors (Lipinski definition) is 1. The highest BCUT2D eigenvalue weighted by Crippen LogP contribution is 2.61. The van der Waals surface area contributed by atoms with Gasteiger partial charge in [0.2, 0.25) is 5.91 Å². The Balaban J connectivity index is 1.67. The number of hydrogen-bond acceptors (Lipinski definition) is 6. The molecule has 7 nitrogen and oxygen atoms in total. The maximum atomic E-state index is 14.4. The van der Waals surface area contributed by atoms with E-state index in [1.165, 1.54) is 11.8 Å². The fraction of sp³-hybridized carbons (Fsp3) is 0.519. The van der Waals surface area contributed by atoms with Crippen LogP contribution in [0.3, 0.4) is 0 Å². The van der Waals surface area contributed by atoms with Crippen molar-refractivity contribution in [2.45, 2.75) is 55.2 Å². The zero-order chi connectivity index (χ0) is 25.6. The van der Waals surface area contributed by atoms with Crippen LogP contribution in [0, 0.1) is 18.8 Å². The molecule has 1 unspecified atom stereocenters. The number of fused-ring (bicyclic) bond motifs is 2. The second-order valence-electron chi connectivity index (χ2n) is 9.83. The Morgan fingerprint density at radius 2 is 2.06 bits per heavy atom. The van der Waals surface area contributed by atoms with Gasteiger partial charge in [-0.1, -0.05) is 55.0 Å².